The van der Waals surface area contributed by atoms with Gasteiger partial charge in [0.15, 0.2) is 0 Å². The summed E-state index contributed by atoms with van der Waals surface area (Å²) in [7, 11) is -3.91. The summed E-state index contributed by atoms with van der Waals surface area (Å²) < 4.78 is 24.3. The third kappa shape index (κ3) is 3.94. The van der Waals surface area contributed by atoms with Crippen LogP contribution in [0.3, 0.4) is 0 Å². The fourth-order valence-electron chi connectivity index (χ4n) is 1.86. The van der Waals surface area contributed by atoms with Crippen molar-refractivity contribution in [2.45, 2.75) is 18.7 Å². The van der Waals surface area contributed by atoms with E-state index < -0.39 is 20.9 Å². The average Bonchev–Trinajstić information content (AvgIpc) is 2.55. The first-order valence-corrected chi connectivity index (χ1v) is 8.33. The number of carbonyl (C=O) groups excluding carboxylic acids is 1. The summed E-state index contributed by atoms with van der Waals surface area (Å²) in [4.78, 5) is 23.9. The van der Waals surface area contributed by atoms with Crippen molar-refractivity contribution < 1.29 is 18.1 Å². The Morgan fingerprint density at radius 3 is 2.21 bits per heavy atom. The van der Waals surface area contributed by atoms with Crippen LogP contribution in [-0.4, -0.2) is 19.2 Å². The number of nitrogens with zero attached hydrogens (tertiary/aromatic N) is 1. The van der Waals surface area contributed by atoms with Crippen LogP contribution in [0, 0.1) is 24.0 Å². The number of sulfonamides is 1. The predicted octanol–water partition coefficient (Wildman–Crippen LogP) is 1.83. The quantitative estimate of drug-likeness (QED) is 0.630. The van der Waals surface area contributed by atoms with Gasteiger partial charge in [-0.1, -0.05) is 6.07 Å². The van der Waals surface area contributed by atoms with Crippen LogP contribution >= 0.6 is 0 Å². The topological polar surface area (TPSA) is 118 Å². The van der Waals surface area contributed by atoms with Crippen LogP contribution in [0.5, 0.6) is 0 Å². The van der Waals surface area contributed by atoms with Crippen molar-refractivity contribution in [3.63, 3.8) is 0 Å². The van der Waals surface area contributed by atoms with E-state index in [1.165, 1.54) is 24.3 Å². The predicted molar refractivity (Wildman–Crippen MR) is 86.8 cm³/mol. The molecule has 0 radical (unpaired) electrons. The minimum Gasteiger partial charge on any atom is -0.273 e. The number of non-ortho nitro benzene ring substituents is 1. The number of carbonyl (C=O) groups is 1. The molecule has 0 aliphatic rings. The van der Waals surface area contributed by atoms with Crippen molar-refractivity contribution in [2.24, 2.45) is 0 Å². The molecule has 2 aromatic carbocycles. The SMILES string of the molecule is Cc1ccc(S(=O)(=O)NNC(=O)c2ccc([N+](=O)[O-])cc2)cc1C. The lowest BCUT2D eigenvalue weighted by Crippen LogP contribution is -2.41. The molecular formula is C15H15N3O5S. The van der Waals surface area contributed by atoms with Crippen molar-refractivity contribution in [3.05, 3.63) is 69.3 Å². The molecule has 0 fully saturated rings. The van der Waals surface area contributed by atoms with Crippen LogP contribution < -0.4 is 10.3 Å². The van der Waals surface area contributed by atoms with Gasteiger partial charge in [0.2, 0.25) is 0 Å². The molecule has 2 N–H and O–H groups in total. The van der Waals surface area contributed by atoms with Gasteiger partial charge >= 0.3 is 0 Å². The minimum absolute atomic E-state index is 0.0228. The molecular weight excluding hydrogens is 334 g/mol. The lowest BCUT2D eigenvalue weighted by molar-refractivity contribution is -0.384. The van der Waals surface area contributed by atoms with E-state index in [0.29, 0.717) is 0 Å². The molecule has 0 heterocycles. The molecule has 24 heavy (non-hydrogen) atoms. The third-order valence-electron chi connectivity index (χ3n) is 3.43. The zero-order chi connectivity index (χ0) is 17.9. The molecule has 8 nitrogen and oxygen atoms in total. The number of hydrogen-bond acceptors (Lipinski definition) is 5. The molecule has 0 saturated carbocycles. The Labute approximate surface area is 138 Å². The highest BCUT2D eigenvalue weighted by molar-refractivity contribution is 7.89. The van der Waals surface area contributed by atoms with Crippen LogP contribution in [0.15, 0.2) is 47.4 Å². The fraction of sp³-hybridized carbons (Fsp3) is 0.133. The monoisotopic (exact) mass is 349 g/mol. The normalized spacial score (nSPS) is 11.1. The molecule has 9 heteroatoms. The van der Waals surface area contributed by atoms with Gasteiger partial charge in [0.05, 0.1) is 9.82 Å². The largest absolute Gasteiger partial charge is 0.273 e. The first-order valence-electron chi connectivity index (χ1n) is 6.84. The van der Waals surface area contributed by atoms with E-state index in [1.54, 1.807) is 13.0 Å². The van der Waals surface area contributed by atoms with Crippen molar-refractivity contribution >= 4 is 21.6 Å². The summed E-state index contributed by atoms with van der Waals surface area (Å²) in [6.45, 7) is 3.64. The molecule has 0 bridgehead atoms. The van der Waals surface area contributed by atoms with Gasteiger partial charge in [-0.25, -0.2) is 8.42 Å². The van der Waals surface area contributed by atoms with Gasteiger partial charge in [-0.15, -0.1) is 4.83 Å². The van der Waals surface area contributed by atoms with E-state index in [2.05, 4.69) is 5.43 Å². The van der Waals surface area contributed by atoms with Gasteiger partial charge < -0.3 is 0 Å². The minimum atomic E-state index is -3.91. The maximum atomic E-state index is 12.2. The maximum absolute atomic E-state index is 12.2. The van der Waals surface area contributed by atoms with Crippen LogP contribution in [0.2, 0.25) is 0 Å². The summed E-state index contributed by atoms with van der Waals surface area (Å²) in [6.07, 6.45) is 0. The Balaban J connectivity index is 2.09. The second-order valence-electron chi connectivity index (χ2n) is 5.11. The summed E-state index contributed by atoms with van der Waals surface area (Å²) in [5.41, 5.74) is 3.75. The van der Waals surface area contributed by atoms with E-state index in [9.17, 15) is 23.3 Å². The highest BCUT2D eigenvalue weighted by atomic mass is 32.2. The number of nitrogens with one attached hydrogen (secondary N) is 2. The second kappa shape index (κ2) is 6.77. The number of aryl methyl sites for hydroxylation is 2. The summed E-state index contributed by atoms with van der Waals surface area (Å²) >= 11 is 0. The Kier molecular flexibility index (Phi) is 4.96. The van der Waals surface area contributed by atoms with E-state index in [4.69, 9.17) is 0 Å². The molecule has 0 saturated heterocycles. The number of nitro benzene ring substituents is 1. The molecule has 126 valence electrons. The summed E-state index contributed by atoms with van der Waals surface area (Å²) in [6, 6.07) is 9.38. The van der Waals surface area contributed by atoms with E-state index in [1.807, 2.05) is 11.8 Å². The first-order chi connectivity index (χ1) is 11.2. The number of nitro groups is 1. The van der Waals surface area contributed by atoms with Crippen LogP contribution in [0.1, 0.15) is 21.5 Å². The summed E-state index contributed by atoms with van der Waals surface area (Å²) in [5.74, 6) is -0.725. The molecule has 2 rings (SSSR count). The lowest BCUT2D eigenvalue weighted by atomic mass is 10.1. The van der Waals surface area contributed by atoms with Crippen LogP contribution in [-0.2, 0) is 10.0 Å². The number of rotatable bonds is 5. The van der Waals surface area contributed by atoms with Crippen LogP contribution in [0.4, 0.5) is 5.69 Å². The Morgan fingerprint density at radius 2 is 1.67 bits per heavy atom. The highest BCUT2D eigenvalue weighted by Gasteiger charge is 2.17. The van der Waals surface area contributed by atoms with E-state index >= 15 is 0 Å². The zero-order valence-corrected chi connectivity index (χ0v) is 13.8. The Morgan fingerprint density at radius 1 is 1.04 bits per heavy atom. The molecule has 0 aliphatic heterocycles. The van der Waals surface area contributed by atoms with Crippen LogP contribution in [0.25, 0.3) is 0 Å². The Hall–Kier alpha value is -2.78. The molecule has 0 spiro atoms. The summed E-state index contributed by atoms with van der Waals surface area (Å²) in [5, 5.41) is 10.6. The maximum Gasteiger partial charge on any atom is 0.269 e. The second-order valence-corrected chi connectivity index (χ2v) is 6.79. The number of benzene rings is 2. The van der Waals surface area contributed by atoms with E-state index in [-0.39, 0.29) is 16.1 Å². The number of hydrogen-bond donors (Lipinski definition) is 2. The number of hydrazine groups is 1. The first kappa shape index (κ1) is 17.6. The molecule has 0 atom stereocenters. The number of amides is 1. The molecule has 2 aromatic rings. The van der Waals surface area contributed by atoms with Gasteiger partial charge in [-0.2, -0.15) is 0 Å². The van der Waals surface area contributed by atoms with Gasteiger partial charge in [0, 0.05) is 17.7 Å². The molecule has 1 amide bonds. The molecule has 0 unspecified atom stereocenters. The average molecular weight is 349 g/mol. The van der Waals surface area contributed by atoms with Gasteiger partial charge in [-0.3, -0.25) is 20.3 Å². The molecule has 0 aromatic heterocycles. The highest BCUT2D eigenvalue weighted by Crippen LogP contribution is 2.14. The van der Waals surface area contributed by atoms with Crippen molar-refractivity contribution in [1.82, 2.24) is 10.3 Å². The smallest absolute Gasteiger partial charge is 0.269 e. The standard InChI is InChI=1S/C15H15N3O5S/c1-10-3-8-14(9-11(10)2)24(22,23)17-16-15(19)12-4-6-13(7-5-12)18(20)21/h3-9,17H,1-2H3,(H,16,19). The fourth-order valence-corrected chi connectivity index (χ4v) is 2.78. The third-order valence-corrected chi connectivity index (χ3v) is 4.67. The lowest BCUT2D eigenvalue weighted by Gasteiger charge is -2.10. The Bertz CT molecular complexity index is 892. The van der Waals surface area contributed by atoms with Gasteiger partial charge in [0.25, 0.3) is 21.6 Å². The van der Waals surface area contributed by atoms with Crippen molar-refractivity contribution in [3.8, 4) is 0 Å². The van der Waals surface area contributed by atoms with Crippen molar-refractivity contribution in [1.29, 1.82) is 0 Å². The zero-order valence-electron chi connectivity index (χ0n) is 12.9. The molecule has 0 aliphatic carbocycles. The van der Waals surface area contributed by atoms with Gasteiger partial charge in [0.1, 0.15) is 0 Å². The van der Waals surface area contributed by atoms with Gasteiger partial charge in [-0.05, 0) is 49.2 Å². The van der Waals surface area contributed by atoms with Crippen molar-refractivity contribution in [2.75, 3.05) is 0 Å². The van der Waals surface area contributed by atoms with E-state index in [0.717, 1.165) is 23.3 Å².